The third-order valence-corrected chi connectivity index (χ3v) is 4.11. The van der Waals surface area contributed by atoms with Crippen LogP contribution in [-0.4, -0.2) is 18.9 Å². The van der Waals surface area contributed by atoms with E-state index >= 15 is 0 Å². The molecule has 1 aromatic carbocycles. The van der Waals surface area contributed by atoms with Gasteiger partial charge in [-0.1, -0.05) is 32.0 Å². The molecule has 2 rings (SSSR count). The summed E-state index contributed by atoms with van der Waals surface area (Å²) in [7, 11) is 0. The Morgan fingerprint density at radius 2 is 2.06 bits per heavy atom. The first-order valence-corrected chi connectivity index (χ1v) is 7.05. The van der Waals surface area contributed by atoms with Gasteiger partial charge in [0.15, 0.2) is 0 Å². The summed E-state index contributed by atoms with van der Waals surface area (Å²) in [6, 6.07) is 8.48. The third kappa shape index (κ3) is 2.79. The predicted octanol–water partition coefficient (Wildman–Crippen LogP) is 3.36. The van der Waals surface area contributed by atoms with E-state index in [1.165, 1.54) is 15.6 Å². The Kier molecular flexibility index (Phi) is 3.83. The summed E-state index contributed by atoms with van der Waals surface area (Å²) in [4.78, 5) is 11.0. The molecule has 0 radical (unpaired) electrons. The van der Waals surface area contributed by atoms with Crippen LogP contribution in [0.15, 0.2) is 29.6 Å². The first-order chi connectivity index (χ1) is 8.50. The number of thiophene rings is 1. The predicted molar refractivity (Wildman–Crippen MR) is 78.4 cm³/mol. The Balaban J connectivity index is 2.20. The number of nitrogens with one attached hydrogen (secondary N) is 1. The fraction of sp³-hybridized carbons (Fsp3) is 0.400. The molecule has 0 aliphatic carbocycles. The molecule has 18 heavy (non-hydrogen) atoms. The van der Waals surface area contributed by atoms with E-state index in [9.17, 15) is 4.79 Å². The van der Waals surface area contributed by atoms with E-state index in [0.717, 1.165) is 6.54 Å². The largest absolute Gasteiger partial charge is 0.309 e. The van der Waals surface area contributed by atoms with Crippen LogP contribution in [0.25, 0.3) is 10.1 Å². The molecule has 0 amide bonds. The van der Waals surface area contributed by atoms with Crippen molar-refractivity contribution in [1.82, 2.24) is 5.32 Å². The summed E-state index contributed by atoms with van der Waals surface area (Å²) in [6.07, 6.45) is 0. The summed E-state index contributed by atoms with van der Waals surface area (Å²) in [5.74, 6) is 0.181. The molecule has 0 atom stereocenters. The SMILES string of the molecule is CC(=O)CNCC(C)(C)c1csc2ccccc12. The highest BCUT2D eigenvalue weighted by atomic mass is 32.1. The number of hydrogen-bond acceptors (Lipinski definition) is 3. The number of carbonyl (C=O) groups is 1. The van der Waals surface area contributed by atoms with Crippen molar-refractivity contribution in [3.05, 3.63) is 35.2 Å². The average molecular weight is 261 g/mol. The molecule has 2 nitrogen and oxygen atoms in total. The van der Waals surface area contributed by atoms with E-state index in [2.05, 4.69) is 48.8 Å². The van der Waals surface area contributed by atoms with E-state index in [-0.39, 0.29) is 11.2 Å². The summed E-state index contributed by atoms with van der Waals surface area (Å²) in [6.45, 7) is 7.31. The lowest BCUT2D eigenvalue weighted by Gasteiger charge is -2.25. The molecule has 0 fully saturated rings. The van der Waals surface area contributed by atoms with Gasteiger partial charge in [-0.2, -0.15) is 0 Å². The van der Waals surface area contributed by atoms with Crippen LogP contribution in [0.1, 0.15) is 26.3 Å². The van der Waals surface area contributed by atoms with Crippen molar-refractivity contribution in [1.29, 1.82) is 0 Å². The molecule has 1 aromatic heterocycles. The van der Waals surface area contributed by atoms with Gasteiger partial charge in [0, 0.05) is 16.7 Å². The highest BCUT2D eigenvalue weighted by molar-refractivity contribution is 7.17. The lowest BCUT2D eigenvalue weighted by atomic mass is 9.84. The number of benzene rings is 1. The van der Waals surface area contributed by atoms with Gasteiger partial charge in [0.25, 0.3) is 0 Å². The zero-order chi connectivity index (χ0) is 13.2. The Labute approximate surface area is 112 Å². The minimum atomic E-state index is 0.0368. The Morgan fingerprint density at radius 1 is 1.33 bits per heavy atom. The minimum Gasteiger partial charge on any atom is -0.309 e. The number of Topliss-reactive ketones (excluding diaryl/α,β-unsaturated/α-hetero) is 1. The molecule has 0 spiro atoms. The second-order valence-electron chi connectivity index (χ2n) is 5.33. The van der Waals surface area contributed by atoms with Gasteiger partial charge in [0.1, 0.15) is 5.78 Å². The summed E-state index contributed by atoms with van der Waals surface area (Å²) in [5, 5.41) is 6.80. The third-order valence-electron chi connectivity index (χ3n) is 3.15. The number of ketones is 1. The molecule has 1 N–H and O–H groups in total. The van der Waals surface area contributed by atoms with Gasteiger partial charge in [-0.25, -0.2) is 0 Å². The second-order valence-corrected chi connectivity index (χ2v) is 6.25. The Hall–Kier alpha value is -1.19. The van der Waals surface area contributed by atoms with Crippen molar-refractivity contribution < 1.29 is 4.79 Å². The molecular formula is C15H19NOS. The number of rotatable bonds is 5. The smallest absolute Gasteiger partial charge is 0.143 e. The molecule has 0 bridgehead atoms. The molecule has 3 heteroatoms. The van der Waals surface area contributed by atoms with E-state index in [0.29, 0.717) is 6.54 Å². The molecule has 1 heterocycles. The lowest BCUT2D eigenvalue weighted by Crippen LogP contribution is -2.35. The van der Waals surface area contributed by atoms with Crippen molar-refractivity contribution in [3.63, 3.8) is 0 Å². The summed E-state index contributed by atoms with van der Waals surface area (Å²) < 4.78 is 1.33. The van der Waals surface area contributed by atoms with Crippen LogP contribution in [0.3, 0.4) is 0 Å². The zero-order valence-corrected chi connectivity index (χ0v) is 11.9. The monoisotopic (exact) mass is 261 g/mol. The first kappa shape index (κ1) is 13.2. The average Bonchev–Trinajstić information content (AvgIpc) is 2.72. The number of hydrogen-bond donors (Lipinski definition) is 1. The maximum atomic E-state index is 11.0. The van der Waals surface area contributed by atoms with Gasteiger partial charge >= 0.3 is 0 Å². The van der Waals surface area contributed by atoms with Crippen molar-refractivity contribution in [3.8, 4) is 0 Å². The van der Waals surface area contributed by atoms with Crippen LogP contribution in [0.2, 0.25) is 0 Å². The van der Waals surface area contributed by atoms with Crippen molar-refractivity contribution in [2.45, 2.75) is 26.2 Å². The molecule has 2 aromatic rings. The molecule has 0 saturated heterocycles. The topological polar surface area (TPSA) is 29.1 Å². The van der Waals surface area contributed by atoms with Crippen molar-refractivity contribution >= 4 is 27.2 Å². The summed E-state index contributed by atoms with van der Waals surface area (Å²) >= 11 is 1.79. The quantitative estimate of drug-likeness (QED) is 0.894. The first-order valence-electron chi connectivity index (χ1n) is 6.17. The van der Waals surface area contributed by atoms with E-state index in [1.807, 2.05) is 0 Å². The Morgan fingerprint density at radius 3 is 2.78 bits per heavy atom. The maximum Gasteiger partial charge on any atom is 0.143 e. The van der Waals surface area contributed by atoms with Crippen LogP contribution in [0, 0.1) is 0 Å². The normalized spacial score (nSPS) is 11.9. The van der Waals surface area contributed by atoms with Crippen molar-refractivity contribution in [2.24, 2.45) is 0 Å². The lowest BCUT2D eigenvalue weighted by molar-refractivity contribution is -0.116. The van der Waals surface area contributed by atoms with Crippen LogP contribution in [0.4, 0.5) is 0 Å². The molecular weight excluding hydrogens is 242 g/mol. The second kappa shape index (κ2) is 5.21. The fourth-order valence-electron chi connectivity index (χ4n) is 2.15. The highest BCUT2D eigenvalue weighted by Crippen LogP contribution is 2.34. The van der Waals surface area contributed by atoms with E-state index < -0.39 is 0 Å². The molecule has 0 unspecified atom stereocenters. The van der Waals surface area contributed by atoms with Gasteiger partial charge in [-0.05, 0) is 29.3 Å². The van der Waals surface area contributed by atoms with Crippen molar-refractivity contribution in [2.75, 3.05) is 13.1 Å². The van der Waals surface area contributed by atoms with Gasteiger partial charge in [-0.15, -0.1) is 11.3 Å². The zero-order valence-electron chi connectivity index (χ0n) is 11.1. The van der Waals surface area contributed by atoms with E-state index in [4.69, 9.17) is 0 Å². The molecule has 96 valence electrons. The highest BCUT2D eigenvalue weighted by Gasteiger charge is 2.23. The van der Waals surface area contributed by atoms with Crippen LogP contribution in [0.5, 0.6) is 0 Å². The fourth-order valence-corrected chi connectivity index (χ4v) is 3.30. The Bertz CT molecular complexity index is 556. The van der Waals surface area contributed by atoms with Gasteiger partial charge in [0.05, 0.1) is 6.54 Å². The minimum absolute atomic E-state index is 0.0368. The number of fused-ring (bicyclic) bond motifs is 1. The van der Waals surface area contributed by atoms with Crippen LogP contribution < -0.4 is 5.32 Å². The molecule has 0 aliphatic heterocycles. The molecule has 0 saturated carbocycles. The van der Waals surface area contributed by atoms with Crippen LogP contribution >= 0.6 is 11.3 Å². The standard InChI is InChI=1S/C15H19NOS/c1-11(17)8-16-10-15(2,3)13-9-18-14-7-5-4-6-12(13)14/h4-7,9,16H,8,10H2,1-3H3. The van der Waals surface area contributed by atoms with Gasteiger partial charge < -0.3 is 5.32 Å². The molecule has 0 aliphatic rings. The maximum absolute atomic E-state index is 11.0. The van der Waals surface area contributed by atoms with Gasteiger partial charge in [-0.3, -0.25) is 4.79 Å². The summed E-state index contributed by atoms with van der Waals surface area (Å²) in [5.41, 5.74) is 1.40. The number of carbonyl (C=O) groups excluding carboxylic acids is 1. The van der Waals surface area contributed by atoms with E-state index in [1.54, 1.807) is 18.3 Å². The van der Waals surface area contributed by atoms with Gasteiger partial charge in [0.2, 0.25) is 0 Å². The van der Waals surface area contributed by atoms with Crippen LogP contribution in [-0.2, 0) is 10.2 Å².